The van der Waals surface area contributed by atoms with Crippen molar-refractivity contribution in [2.75, 3.05) is 0 Å². The van der Waals surface area contributed by atoms with Gasteiger partial charge in [-0.2, -0.15) is 0 Å². The molecule has 3 aromatic carbocycles. The van der Waals surface area contributed by atoms with E-state index in [0.717, 1.165) is 90.0 Å². The van der Waals surface area contributed by atoms with Gasteiger partial charge in [0.1, 0.15) is 17.5 Å². The Labute approximate surface area is 599 Å². The third kappa shape index (κ3) is 39.6. The highest BCUT2D eigenvalue weighted by Crippen LogP contribution is 2.18. The van der Waals surface area contributed by atoms with Crippen molar-refractivity contribution in [1.29, 1.82) is 0 Å². The fourth-order valence-corrected chi connectivity index (χ4v) is 8.42. The topological polar surface area (TPSA) is 142 Å². The van der Waals surface area contributed by atoms with Crippen molar-refractivity contribution in [3.63, 3.8) is 0 Å². The maximum atomic E-state index is 4.39. The molecule has 538 valence electrons. The maximum absolute atomic E-state index is 4.39. The third-order valence-electron chi connectivity index (χ3n) is 13.6. The highest BCUT2D eigenvalue weighted by molar-refractivity contribution is 5.82. The second-order valence-electron chi connectivity index (χ2n) is 21.2. The van der Waals surface area contributed by atoms with Gasteiger partial charge in [-0.3, -0.25) is 24.9 Å². The summed E-state index contributed by atoms with van der Waals surface area (Å²) in [5.41, 5.74) is 26.1. The highest BCUT2D eigenvalue weighted by atomic mass is 14.9. The average Bonchev–Trinajstić information content (AvgIpc) is 0.841. The van der Waals surface area contributed by atoms with E-state index in [1.54, 1.807) is 0 Å². The molecule has 0 radical (unpaired) electrons. The van der Waals surface area contributed by atoms with Crippen LogP contribution in [0.1, 0.15) is 235 Å². The van der Waals surface area contributed by atoms with Crippen molar-refractivity contribution in [2.45, 2.75) is 263 Å². The van der Waals surface area contributed by atoms with Crippen LogP contribution in [-0.2, 0) is 0 Å². The fraction of sp³-hybridized carbons (Fsp3) is 0.437. The number of para-hydroxylation sites is 2. The van der Waals surface area contributed by atoms with Crippen LogP contribution in [0.15, 0.2) is 128 Å². The molecule has 0 aliphatic rings. The van der Waals surface area contributed by atoms with E-state index in [1.165, 1.54) is 66.8 Å². The summed E-state index contributed by atoms with van der Waals surface area (Å²) in [6, 6.07) is 30.8. The van der Waals surface area contributed by atoms with Gasteiger partial charge in [0.25, 0.3) is 0 Å². The standard InChI is InChI=1S/C11H12N2.2C10H10N2.5C8H11N.8C2H6/c1-7-4-5-10-8(2)12-9(3)13-11(10)6-7;2*1-7-9-5-3-4-6-10(9)12-8(2)11-7;2*1-6-4-9-5-7(2)8(6)3;1-6-4-8(3)9-5-7(6)2;1-6-4-7(2)8(3)9-5-6;1-6-4-7(2)9-8(3)5-6;8*1-2/h4-6H,1-3H3;2*3-6H,1-2H3;5*4-5H,1-3H3;8*1-2H3. The number of aryl methyl sites for hydroxylation is 20. The van der Waals surface area contributed by atoms with Crippen LogP contribution in [0.25, 0.3) is 32.7 Å². The van der Waals surface area contributed by atoms with Crippen LogP contribution in [-0.4, -0.2) is 54.8 Å². The molecule has 0 atom stereocenters. The Kier molecular flexibility index (Phi) is 58.6. The molecule has 98 heavy (non-hydrogen) atoms. The van der Waals surface area contributed by atoms with E-state index in [-0.39, 0.29) is 0 Å². The zero-order valence-corrected chi connectivity index (χ0v) is 69.0. The minimum absolute atomic E-state index is 0.839. The summed E-state index contributed by atoms with van der Waals surface area (Å²) in [5, 5.41) is 3.43. The Morgan fingerprint density at radius 1 is 0.214 bits per heavy atom. The Morgan fingerprint density at radius 2 is 0.561 bits per heavy atom. The first-order valence-corrected chi connectivity index (χ1v) is 35.8. The first-order chi connectivity index (χ1) is 46.7. The minimum Gasteiger partial charge on any atom is -0.264 e. The first-order valence-electron chi connectivity index (χ1n) is 35.8. The lowest BCUT2D eigenvalue weighted by Crippen LogP contribution is -1.93. The van der Waals surface area contributed by atoms with Gasteiger partial charge in [0, 0.05) is 93.2 Å². The molecule has 0 fully saturated rings. The summed E-state index contributed by atoms with van der Waals surface area (Å²) in [6.45, 7) is 76.9. The fourth-order valence-electron chi connectivity index (χ4n) is 8.42. The minimum atomic E-state index is 0.839. The van der Waals surface area contributed by atoms with Gasteiger partial charge in [-0.25, -0.2) is 29.9 Å². The molecule has 8 aromatic heterocycles. The smallest absolute Gasteiger partial charge is 0.126 e. The van der Waals surface area contributed by atoms with Crippen LogP contribution in [0.2, 0.25) is 0 Å². The molecule has 11 heteroatoms. The summed E-state index contributed by atoms with van der Waals surface area (Å²) in [5.74, 6) is 2.52. The Bertz CT molecular complexity index is 3590. The molecule has 11 aromatic rings. The Hall–Kier alpha value is -8.57. The quantitative estimate of drug-likeness (QED) is 0.143. The summed E-state index contributed by atoms with van der Waals surface area (Å²) >= 11 is 0. The largest absolute Gasteiger partial charge is 0.264 e. The molecule has 0 spiro atoms. The predicted octanol–water partition coefficient (Wildman–Crippen LogP) is 25.3. The van der Waals surface area contributed by atoms with Crippen molar-refractivity contribution < 1.29 is 0 Å². The Balaban J connectivity index is -0.000000327. The van der Waals surface area contributed by atoms with Gasteiger partial charge >= 0.3 is 0 Å². The molecular formula is C87H135N11. The number of rotatable bonds is 0. The molecule has 11 rings (SSSR count). The van der Waals surface area contributed by atoms with E-state index in [0.29, 0.717) is 0 Å². The van der Waals surface area contributed by atoms with Crippen LogP contribution in [0.3, 0.4) is 0 Å². The molecule has 0 aliphatic heterocycles. The second-order valence-corrected chi connectivity index (χ2v) is 21.2. The highest BCUT2D eigenvalue weighted by Gasteiger charge is 2.03. The van der Waals surface area contributed by atoms with Gasteiger partial charge in [0.15, 0.2) is 0 Å². The maximum Gasteiger partial charge on any atom is 0.126 e. The molecule has 11 nitrogen and oxygen atoms in total. The van der Waals surface area contributed by atoms with Crippen molar-refractivity contribution in [3.8, 4) is 0 Å². The molecule has 0 unspecified atom stereocenters. The number of benzene rings is 3. The molecule has 0 bridgehead atoms. The lowest BCUT2D eigenvalue weighted by molar-refractivity contribution is 1.05. The van der Waals surface area contributed by atoms with Crippen LogP contribution in [0, 0.1) is 152 Å². The van der Waals surface area contributed by atoms with Gasteiger partial charge in [-0.1, -0.05) is 165 Å². The SMILES string of the molecule is CC.CC.CC.CC.CC.CC.CC.CC.Cc1cc(C)c(C)cn1.Cc1cc(C)nc(C)c1.Cc1ccc2c(C)nc(C)nc2c1.Cc1cnc(C)c(C)c1.Cc1cncc(C)c1C.Cc1cncc(C)c1C.Cc1nc(C)c2ccccc2n1.Cc1nc(C)c2ccccc2n1. The molecule has 0 saturated carbocycles. The van der Waals surface area contributed by atoms with Crippen LogP contribution < -0.4 is 0 Å². The number of hydrogen-bond acceptors (Lipinski definition) is 11. The molecule has 0 N–H and O–H groups in total. The summed E-state index contributed by atoms with van der Waals surface area (Å²) < 4.78 is 0. The number of hydrogen-bond donors (Lipinski definition) is 0. The van der Waals surface area contributed by atoms with E-state index >= 15 is 0 Å². The van der Waals surface area contributed by atoms with Crippen LogP contribution in [0.5, 0.6) is 0 Å². The van der Waals surface area contributed by atoms with Gasteiger partial charge < -0.3 is 0 Å². The number of nitrogens with zero attached hydrogens (tertiary/aromatic N) is 11. The predicted molar refractivity (Wildman–Crippen MR) is 435 cm³/mol. The monoisotopic (exact) mass is 1330 g/mol. The van der Waals surface area contributed by atoms with Gasteiger partial charge in [0.2, 0.25) is 0 Å². The van der Waals surface area contributed by atoms with Gasteiger partial charge in [-0.05, 0) is 255 Å². The van der Waals surface area contributed by atoms with E-state index in [1.807, 2.05) is 266 Å². The molecular weight excluding hydrogens is 1200 g/mol. The van der Waals surface area contributed by atoms with Crippen LogP contribution >= 0.6 is 0 Å². The molecule has 8 heterocycles. The summed E-state index contributed by atoms with van der Waals surface area (Å²) in [4.78, 5) is 46.6. The van der Waals surface area contributed by atoms with Crippen molar-refractivity contribution >= 4 is 32.7 Å². The lowest BCUT2D eigenvalue weighted by Gasteiger charge is -2.02. The van der Waals surface area contributed by atoms with Crippen LogP contribution in [0.4, 0.5) is 0 Å². The zero-order chi connectivity index (χ0) is 76.8. The molecule has 0 saturated heterocycles. The van der Waals surface area contributed by atoms with Crippen molar-refractivity contribution in [1.82, 2.24) is 54.8 Å². The van der Waals surface area contributed by atoms with Gasteiger partial charge in [0.05, 0.1) is 16.6 Å². The summed E-state index contributed by atoms with van der Waals surface area (Å²) in [6.07, 6.45) is 11.4. The number of fused-ring (bicyclic) bond motifs is 3. The molecule has 0 amide bonds. The van der Waals surface area contributed by atoms with E-state index in [9.17, 15) is 0 Å². The second kappa shape index (κ2) is 58.6. The zero-order valence-electron chi connectivity index (χ0n) is 69.0. The van der Waals surface area contributed by atoms with Gasteiger partial charge in [-0.15, -0.1) is 0 Å². The van der Waals surface area contributed by atoms with E-state index < -0.39 is 0 Å². The van der Waals surface area contributed by atoms with Crippen molar-refractivity contribution in [3.05, 3.63) is 252 Å². The normalized spacial score (nSPS) is 8.92. The average molecular weight is 1340 g/mol. The number of aromatic nitrogens is 11. The lowest BCUT2D eigenvalue weighted by atomic mass is 10.1. The number of pyridine rings is 5. The summed E-state index contributed by atoms with van der Waals surface area (Å²) in [7, 11) is 0. The van der Waals surface area contributed by atoms with E-state index in [4.69, 9.17) is 0 Å². The molecule has 0 aliphatic carbocycles. The first kappa shape index (κ1) is 98.1. The van der Waals surface area contributed by atoms with Crippen molar-refractivity contribution in [2.24, 2.45) is 0 Å². The Morgan fingerprint density at radius 3 is 0.878 bits per heavy atom. The third-order valence-corrected chi connectivity index (χ3v) is 13.6. The van der Waals surface area contributed by atoms with E-state index in [2.05, 4.69) is 180 Å².